The molecule has 2 N–H and O–H groups in total. The molecular formula is C23H26ClN3O2. The van der Waals surface area contributed by atoms with Crippen LogP contribution in [-0.2, 0) is 5.41 Å². The number of halogens is 1. The number of benzene rings is 2. The van der Waals surface area contributed by atoms with Crippen LogP contribution in [0.25, 0.3) is 0 Å². The zero-order valence-corrected chi connectivity index (χ0v) is 17.8. The molecule has 1 saturated heterocycles. The van der Waals surface area contributed by atoms with Crippen LogP contribution in [0.4, 0.5) is 5.69 Å². The first-order chi connectivity index (χ1) is 13.7. The number of carbonyl (C=O) groups is 2. The molecule has 2 aliphatic heterocycles. The van der Waals surface area contributed by atoms with Gasteiger partial charge in [0.25, 0.3) is 11.8 Å². The average molecular weight is 412 g/mol. The lowest BCUT2D eigenvalue weighted by Crippen LogP contribution is -2.62. The molecule has 0 aromatic heterocycles. The van der Waals surface area contributed by atoms with Gasteiger partial charge in [0.1, 0.15) is 5.66 Å². The Morgan fingerprint density at radius 1 is 1.03 bits per heavy atom. The Bertz CT molecular complexity index is 955. The van der Waals surface area contributed by atoms with E-state index in [-0.39, 0.29) is 17.2 Å². The van der Waals surface area contributed by atoms with E-state index in [2.05, 4.69) is 31.4 Å². The standard InChI is InChI=1S/C23H26ClN3O2/c1-22(2,3)16-9-7-15(8-10-16)21(29)27-13-11-23(12-14-27)25-18-6-4-5-17(24)19(18)20(28)26-23/h4-10,25H,11-14H2,1-3H3,(H,26,28). The van der Waals surface area contributed by atoms with Gasteiger partial charge < -0.3 is 15.5 Å². The third-order valence-corrected chi connectivity index (χ3v) is 6.18. The highest BCUT2D eigenvalue weighted by Gasteiger charge is 2.41. The minimum absolute atomic E-state index is 0.0332. The van der Waals surface area contributed by atoms with Crippen LogP contribution in [-0.4, -0.2) is 35.5 Å². The molecule has 5 nitrogen and oxygen atoms in total. The summed E-state index contributed by atoms with van der Waals surface area (Å²) in [6, 6.07) is 13.3. The molecule has 4 rings (SSSR count). The highest BCUT2D eigenvalue weighted by Crippen LogP contribution is 2.34. The number of piperidine rings is 1. The summed E-state index contributed by atoms with van der Waals surface area (Å²) in [5, 5.41) is 6.97. The van der Waals surface area contributed by atoms with Gasteiger partial charge in [-0.15, -0.1) is 0 Å². The average Bonchev–Trinajstić information content (AvgIpc) is 2.67. The molecule has 0 radical (unpaired) electrons. The fraction of sp³-hybridized carbons (Fsp3) is 0.391. The molecule has 2 heterocycles. The molecule has 2 amide bonds. The fourth-order valence-corrected chi connectivity index (χ4v) is 4.33. The number of fused-ring (bicyclic) bond motifs is 1. The summed E-state index contributed by atoms with van der Waals surface area (Å²) in [6.07, 6.45) is 1.27. The van der Waals surface area contributed by atoms with E-state index < -0.39 is 5.66 Å². The van der Waals surface area contributed by atoms with Gasteiger partial charge in [0.05, 0.1) is 16.3 Å². The van der Waals surface area contributed by atoms with Crippen molar-refractivity contribution < 1.29 is 9.59 Å². The van der Waals surface area contributed by atoms with Crippen molar-refractivity contribution in [2.24, 2.45) is 0 Å². The maximum Gasteiger partial charge on any atom is 0.256 e. The summed E-state index contributed by atoms with van der Waals surface area (Å²) in [5.74, 6) is -0.132. The molecule has 0 aliphatic carbocycles. The van der Waals surface area contributed by atoms with Gasteiger partial charge in [-0.05, 0) is 35.2 Å². The first-order valence-electron chi connectivity index (χ1n) is 9.98. The van der Waals surface area contributed by atoms with Crippen molar-refractivity contribution >= 4 is 29.1 Å². The van der Waals surface area contributed by atoms with Crippen molar-refractivity contribution in [2.75, 3.05) is 18.4 Å². The number of anilines is 1. The van der Waals surface area contributed by atoms with Gasteiger partial charge in [-0.3, -0.25) is 9.59 Å². The lowest BCUT2D eigenvalue weighted by atomic mass is 9.86. The van der Waals surface area contributed by atoms with Gasteiger partial charge in [0.15, 0.2) is 0 Å². The number of nitrogens with one attached hydrogen (secondary N) is 2. The number of amides is 2. The van der Waals surface area contributed by atoms with Crippen molar-refractivity contribution in [3.63, 3.8) is 0 Å². The maximum absolute atomic E-state index is 12.9. The fourth-order valence-electron chi connectivity index (χ4n) is 4.06. The monoisotopic (exact) mass is 411 g/mol. The van der Waals surface area contributed by atoms with Crippen LogP contribution in [0.3, 0.4) is 0 Å². The SMILES string of the molecule is CC(C)(C)c1ccc(C(=O)N2CCC3(CC2)NC(=O)c2c(Cl)cccc2N3)cc1. The molecule has 6 heteroatoms. The van der Waals surface area contributed by atoms with Crippen molar-refractivity contribution in [1.82, 2.24) is 10.2 Å². The molecule has 29 heavy (non-hydrogen) atoms. The lowest BCUT2D eigenvalue weighted by molar-refractivity contribution is 0.0639. The van der Waals surface area contributed by atoms with E-state index in [0.717, 1.165) is 5.69 Å². The molecule has 0 bridgehead atoms. The Morgan fingerprint density at radius 3 is 2.31 bits per heavy atom. The topological polar surface area (TPSA) is 61.4 Å². The largest absolute Gasteiger partial charge is 0.362 e. The molecule has 1 spiro atoms. The minimum atomic E-state index is -0.540. The number of nitrogens with zero attached hydrogens (tertiary/aromatic N) is 1. The molecule has 0 unspecified atom stereocenters. The number of hydrogen-bond acceptors (Lipinski definition) is 3. The zero-order chi connectivity index (χ0) is 20.8. The molecule has 2 aliphatic rings. The molecule has 2 aromatic carbocycles. The van der Waals surface area contributed by atoms with E-state index in [1.165, 1.54) is 5.56 Å². The minimum Gasteiger partial charge on any atom is -0.362 e. The van der Waals surface area contributed by atoms with Gasteiger partial charge >= 0.3 is 0 Å². The number of rotatable bonds is 1. The van der Waals surface area contributed by atoms with Crippen molar-refractivity contribution in [1.29, 1.82) is 0 Å². The van der Waals surface area contributed by atoms with E-state index in [9.17, 15) is 9.59 Å². The van der Waals surface area contributed by atoms with Crippen LogP contribution in [0, 0.1) is 0 Å². The Hall–Kier alpha value is -2.53. The summed E-state index contributed by atoms with van der Waals surface area (Å²) in [4.78, 5) is 27.4. The van der Waals surface area contributed by atoms with Crippen LogP contribution < -0.4 is 10.6 Å². The van der Waals surface area contributed by atoms with E-state index in [1.807, 2.05) is 41.3 Å². The quantitative estimate of drug-likeness (QED) is 0.729. The summed E-state index contributed by atoms with van der Waals surface area (Å²) in [7, 11) is 0. The number of carbonyl (C=O) groups excluding carboxylic acids is 2. The van der Waals surface area contributed by atoms with Crippen LogP contribution in [0.15, 0.2) is 42.5 Å². The van der Waals surface area contributed by atoms with Crippen LogP contribution in [0.2, 0.25) is 5.02 Å². The predicted molar refractivity (Wildman–Crippen MR) is 116 cm³/mol. The van der Waals surface area contributed by atoms with E-state index in [4.69, 9.17) is 11.6 Å². The Kier molecular flexibility index (Phi) is 4.82. The van der Waals surface area contributed by atoms with Gasteiger partial charge in [0.2, 0.25) is 0 Å². The molecule has 0 saturated carbocycles. The van der Waals surface area contributed by atoms with E-state index in [1.54, 1.807) is 6.07 Å². The second kappa shape index (κ2) is 7.06. The van der Waals surface area contributed by atoms with Gasteiger partial charge in [0, 0.05) is 31.5 Å². The number of hydrogen-bond donors (Lipinski definition) is 2. The molecule has 152 valence electrons. The van der Waals surface area contributed by atoms with E-state index in [0.29, 0.717) is 42.1 Å². The highest BCUT2D eigenvalue weighted by atomic mass is 35.5. The third kappa shape index (κ3) is 3.71. The first-order valence-corrected chi connectivity index (χ1v) is 10.4. The van der Waals surface area contributed by atoms with Gasteiger partial charge in [-0.25, -0.2) is 0 Å². The van der Waals surface area contributed by atoms with Crippen LogP contribution >= 0.6 is 11.6 Å². The Balaban J connectivity index is 1.46. The third-order valence-electron chi connectivity index (χ3n) is 5.87. The highest BCUT2D eigenvalue weighted by molar-refractivity contribution is 6.34. The van der Waals surface area contributed by atoms with Crippen LogP contribution in [0.5, 0.6) is 0 Å². The van der Waals surface area contributed by atoms with Gasteiger partial charge in [-0.1, -0.05) is 50.6 Å². The molecule has 1 fully saturated rings. The maximum atomic E-state index is 12.9. The summed E-state index contributed by atoms with van der Waals surface area (Å²) < 4.78 is 0. The number of likely N-dealkylation sites (tertiary alicyclic amines) is 1. The normalized spacial score (nSPS) is 18.1. The van der Waals surface area contributed by atoms with Crippen molar-refractivity contribution in [3.05, 3.63) is 64.2 Å². The van der Waals surface area contributed by atoms with Crippen molar-refractivity contribution in [2.45, 2.75) is 44.7 Å². The second-order valence-electron chi connectivity index (χ2n) is 8.94. The Labute approximate surface area is 176 Å². The predicted octanol–water partition coefficient (Wildman–Crippen LogP) is 4.43. The van der Waals surface area contributed by atoms with Crippen LogP contribution in [0.1, 0.15) is 59.9 Å². The Morgan fingerprint density at radius 2 is 1.69 bits per heavy atom. The van der Waals surface area contributed by atoms with Crippen molar-refractivity contribution in [3.8, 4) is 0 Å². The summed E-state index contributed by atoms with van der Waals surface area (Å²) >= 11 is 6.18. The smallest absolute Gasteiger partial charge is 0.256 e. The van der Waals surface area contributed by atoms with Gasteiger partial charge in [-0.2, -0.15) is 0 Å². The molecular weight excluding hydrogens is 386 g/mol. The lowest BCUT2D eigenvalue weighted by Gasteiger charge is -2.46. The second-order valence-corrected chi connectivity index (χ2v) is 9.35. The van der Waals surface area contributed by atoms with E-state index >= 15 is 0 Å². The first kappa shape index (κ1) is 19.8. The molecule has 2 aromatic rings. The zero-order valence-electron chi connectivity index (χ0n) is 17.0. The summed E-state index contributed by atoms with van der Waals surface area (Å²) in [6.45, 7) is 7.62. The molecule has 0 atom stereocenters. The summed E-state index contributed by atoms with van der Waals surface area (Å²) in [5.41, 5.74) is 2.66.